The molecule has 0 bridgehead atoms. The van der Waals surface area contributed by atoms with Crippen molar-refractivity contribution < 1.29 is 19.4 Å². The first-order valence-electron chi connectivity index (χ1n) is 1.59. The first kappa shape index (κ1) is 3.50. The third-order valence-electron chi connectivity index (χ3n) is 0.465. The molecule has 0 amide bonds. The Bertz CT molecular complexity index is 45.6. The van der Waals surface area contributed by atoms with Gasteiger partial charge in [-0.15, -0.1) is 0 Å². The van der Waals surface area contributed by atoms with Crippen molar-refractivity contribution in [3.8, 4) is 0 Å². The number of hydrogen-bond acceptors (Lipinski definition) is 2. The SMILES string of the molecule is C1[CH2][Ti][N]=N1. The van der Waals surface area contributed by atoms with Gasteiger partial charge in [0.15, 0.2) is 0 Å². The zero-order chi connectivity index (χ0) is 3.54. The minimum absolute atomic E-state index is 0.0972. The zero-order valence-electron chi connectivity index (χ0n) is 2.81. The fourth-order valence-electron chi connectivity index (χ4n) is 0.250. The van der Waals surface area contributed by atoms with E-state index in [9.17, 15) is 0 Å². The molecule has 0 N–H and O–H groups in total. The first-order chi connectivity index (χ1) is 2.50. The van der Waals surface area contributed by atoms with E-state index < -0.39 is 0 Å². The molecule has 0 spiro atoms. The standard InChI is InChI=1S/C2H4N2.Ti/c1-2-4-3;/h1-2H2;/q-1;+1. The third-order valence-corrected chi connectivity index (χ3v) is 1.61. The number of hydrogen-bond donors (Lipinski definition) is 0. The Morgan fingerprint density at radius 1 is 1.60 bits per heavy atom. The van der Waals surface area contributed by atoms with Gasteiger partial charge >= 0.3 is 39.4 Å². The van der Waals surface area contributed by atoms with Gasteiger partial charge in [0.25, 0.3) is 0 Å². The van der Waals surface area contributed by atoms with Gasteiger partial charge in [-0.2, -0.15) is 0 Å². The Morgan fingerprint density at radius 2 is 2.60 bits per heavy atom. The van der Waals surface area contributed by atoms with Gasteiger partial charge in [0.05, 0.1) is 0 Å². The van der Waals surface area contributed by atoms with Gasteiger partial charge in [0.1, 0.15) is 0 Å². The summed E-state index contributed by atoms with van der Waals surface area (Å²) in [6, 6.07) is 0. The molecule has 0 fully saturated rings. The van der Waals surface area contributed by atoms with E-state index in [2.05, 4.69) is 8.71 Å². The van der Waals surface area contributed by atoms with E-state index in [-0.39, 0.29) is 19.4 Å². The molecule has 26 valence electrons. The van der Waals surface area contributed by atoms with Gasteiger partial charge in [-0.05, 0) is 0 Å². The molecule has 0 saturated carbocycles. The first-order valence-corrected chi connectivity index (χ1v) is 3.40. The van der Waals surface area contributed by atoms with E-state index in [1.807, 2.05) is 0 Å². The van der Waals surface area contributed by atoms with Crippen molar-refractivity contribution in [1.82, 2.24) is 0 Å². The predicted molar refractivity (Wildman–Crippen MR) is 14.5 cm³/mol. The topological polar surface area (TPSA) is 24.7 Å². The molecule has 2 nitrogen and oxygen atoms in total. The molecular formula is C2H4N2Ti. The third kappa shape index (κ3) is 0.818. The predicted octanol–water partition coefficient (Wildman–Crippen LogP) is 0.868. The van der Waals surface area contributed by atoms with E-state index in [1.54, 1.807) is 0 Å². The minimum atomic E-state index is 0.0972. The van der Waals surface area contributed by atoms with Gasteiger partial charge in [0, 0.05) is 0 Å². The Morgan fingerprint density at radius 3 is 2.80 bits per heavy atom. The molecule has 0 saturated heterocycles. The summed E-state index contributed by atoms with van der Waals surface area (Å²) in [5.41, 5.74) is 0. The van der Waals surface area contributed by atoms with Crippen LogP contribution in [0.5, 0.6) is 0 Å². The Kier molecular flexibility index (Phi) is 1.18. The molecule has 1 aliphatic rings. The van der Waals surface area contributed by atoms with Crippen LogP contribution in [0.2, 0.25) is 4.73 Å². The molecule has 0 unspecified atom stereocenters. The maximum atomic E-state index is 3.83. The van der Waals surface area contributed by atoms with Crippen LogP contribution in [0.1, 0.15) is 0 Å². The molecule has 5 heavy (non-hydrogen) atoms. The monoisotopic (exact) mass is 104 g/mol. The fraction of sp³-hybridized carbons (Fsp3) is 1.00. The molecular weight excluding hydrogens is 99.9 g/mol. The van der Waals surface area contributed by atoms with Gasteiger partial charge in [-0.1, -0.05) is 0 Å². The average molecular weight is 104 g/mol. The second kappa shape index (κ2) is 1.68. The van der Waals surface area contributed by atoms with E-state index in [1.165, 1.54) is 4.73 Å². The summed E-state index contributed by atoms with van der Waals surface area (Å²) in [4.78, 5) is 0. The van der Waals surface area contributed by atoms with Gasteiger partial charge in [-0.25, -0.2) is 0 Å². The second-order valence-corrected chi connectivity index (χ2v) is 2.46. The van der Waals surface area contributed by atoms with Crippen LogP contribution < -0.4 is 0 Å². The fourth-order valence-corrected chi connectivity index (χ4v) is 1.03. The quantitative estimate of drug-likeness (QED) is 0.407. The van der Waals surface area contributed by atoms with Crippen LogP contribution in [0.15, 0.2) is 8.71 Å². The molecule has 0 aliphatic carbocycles. The Balaban J connectivity index is 2.32. The van der Waals surface area contributed by atoms with Crippen molar-refractivity contribution >= 4 is 0 Å². The van der Waals surface area contributed by atoms with Crippen molar-refractivity contribution in [3.63, 3.8) is 0 Å². The molecule has 0 aromatic heterocycles. The second-order valence-electron chi connectivity index (χ2n) is 0.873. The van der Waals surface area contributed by atoms with Crippen LogP contribution in [-0.2, 0) is 19.4 Å². The van der Waals surface area contributed by atoms with E-state index in [0.717, 1.165) is 6.54 Å². The molecule has 3 heteroatoms. The molecule has 0 radical (unpaired) electrons. The summed E-state index contributed by atoms with van der Waals surface area (Å²) in [6.45, 7) is 1.01. The summed E-state index contributed by atoms with van der Waals surface area (Å²) in [7, 11) is 0. The van der Waals surface area contributed by atoms with Crippen molar-refractivity contribution in [1.29, 1.82) is 0 Å². The van der Waals surface area contributed by atoms with Crippen molar-refractivity contribution in [2.24, 2.45) is 8.71 Å². The van der Waals surface area contributed by atoms with E-state index >= 15 is 0 Å². The van der Waals surface area contributed by atoms with Crippen LogP contribution in [0.25, 0.3) is 0 Å². The summed E-state index contributed by atoms with van der Waals surface area (Å²) in [5.74, 6) is 0. The molecule has 1 heterocycles. The summed E-state index contributed by atoms with van der Waals surface area (Å²) >= 11 is 0.0972. The van der Waals surface area contributed by atoms with Crippen molar-refractivity contribution in [2.75, 3.05) is 6.54 Å². The zero-order valence-corrected chi connectivity index (χ0v) is 4.37. The van der Waals surface area contributed by atoms with Crippen LogP contribution in [0, 0.1) is 0 Å². The van der Waals surface area contributed by atoms with Crippen LogP contribution >= 0.6 is 0 Å². The number of nitrogens with zero attached hydrogens (tertiary/aromatic N) is 2. The molecule has 0 aromatic rings. The van der Waals surface area contributed by atoms with Crippen LogP contribution in [-0.4, -0.2) is 6.54 Å². The van der Waals surface area contributed by atoms with Gasteiger partial charge in [0.2, 0.25) is 0 Å². The van der Waals surface area contributed by atoms with Crippen LogP contribution in [0.4, 0.5) is 0 Å². The summed E-state index contributed by atoms with van der Waals surface area (Å²) < 4.78 is 5.12. The molecule has 1 aliphatic heterocycles. The number of rotatable bonds is 0. The average Bonchev–Trinajstić information content (AvgIpc) is 1.76. The van der Waals surface area contributed by atoms with E-state index in [4.69, 9.17) is 0 Å². The van der Waals surface area contributed by atoms with Gasteiger partial charge < -0.3 is 0 Å². The van der Waals surface area contributed by atoms with Crippen LogP contribution in [0.3, 0.4) is 0 Å². The van der Waals surface area contributed by atoms with Gasteiger partial charge in [-0.3, -0.25) is 0 Å². The molecule has 1 rings (SSSR count). The van der Waals surface area contributed by atoms with Crippen molar-refractivity contribution in [2.45, 2.75) is 4.73 Å². The molecule has 0 atom stereocenters. The summed E-state index contributed by atoms with van der Waals surface area (Å²) in [6.07, 6.45) is 0. The Hall–Kier alpha value is 0.314. The summed E-state index contributed by atoms with van der Waals surface area (Å²) in [5, 5.41) is 3.76. The maximum absolute atomic E-state index is 3.83. The van der Waals surface area contributed by atoms with Crippen molar-refractivity contribution in [3.05, 3.63) is 0 Å². The normalized spacial score (nSPS) is 19.2. The Labute approximate surface area is 39.9 Å². The van der Waals surface area contributed by atoms with E-state index in [0.29, 0.717) is 0 Å². The molecule has 0 aromatic carbocycles.